The fourth-order valence-electron chi connectivity index (χ4n) is 3.19. The first-order valence-corrected chi connectivity index (χ1v) is 9.74. The first-order valence-electron chi connectivity index (χ1n) is 8.87. The maximum absolute atomic E-state index is 12.7. The van der Waals surface area contributed by atoms with Crippen molar-refractivity contribution in [2.75, 3.05) is 31.1 Å². The van der Waals surface area contributed by atoms with Crippen LogP contribution >= 0.6 is 11.3 Å². The van der Waals surface area contributed by atoms with E-state index in [9.17, 15) is 9.59 Å². The lowest BCUT2D eigenvalue weighted by Crippen LogP contribution is -2.50. The van der Waals surface area contributed by atoms with Crippen LogP contribution in [0.15, 0.2) is 23.6 Å². The summed E-state index contributed by atoms with van der Waals surface area (Å²) < 4.78 is 0. The molecule has 0 aromatic carbocycles. The van der Waals surface area contributed by atoms with Crippen molar-refractivity contribution < 1.29 is 9.59 Å². The molecule has 0 saturated carbocycles. The van der Waals surface area contributed by atoms with E-state index in [0.29, 0.717) is 32.1 Å². The molecule has 3 amide bonds. The van der Waals surface area contributed by atoms with Gasteiger partial charge in [-0.3, -0.25) is 4.79 Å². The molecule has 0 bridgehead atoms. The number of piperazine rings is 1. The Kier molecular flexibility index (Phi) is 5.90. The number of anilines is 1. The summed E-state index contributed by atoms with van der Waals surface area (Å²) in [6.45, 7) is 6.47. The van der Waals surface area contributed by atoms with E-state index in [-0.39, 0.29) is 12.3 Å². The number of rotatable bonds is 5. The molecule has 1 fully saturated rings. The number of nitrogens with zero attached hydrogens (tertiary/aromatic N) is 4. The molecule has 144 valence electrons. The van der Waals surface area contributed by atoms with Crippen LogP contribution in [0.25, 0.3) is 0 Å². The third-order valence-corrected chi connectivity index (χ3v) is 5.45. The molecular formula is C18H24N6O2S. The Hall–Kier alpha value is -2.68. The fraction of sp³-hybridized carbons (Fsp3) is 0.444. The number of hydrogen-bond donors (Lipinski definition) is 2. The molecule has 0 aliphatic carbocycles. The molecule has 3 N–H and O–H groups in total. The predicted octanol–water partition coefficient (Wildman–Crippen LogP) is 1.60. The second kappa shape index (κ2) is 8.34. The first-order chi connectivity index (χ1) is 12.9. The van der Waals surface area contributed by atoms with Gasteiger partial charge in [0.15, 0.2) is 0 Å². The Morgan fingerprint density at radius 2 is 1.89 bits per heavy atom. The Balaban J connectivity index is 1.59. The smallest absolute Gasteiger partial charge is 0.312 e. The number of aromatic nitrogens is 2. The van der Waals surface area contributed by atoms with Gasteiger partial charge in [0.25, 0.3) is 0 Å². The molecule has 1 saturated heterocycles. The summed E-state index contributed by atoms with van der Waals surface area (Å²) in [5.74, 6) is 0.717. The average Bonchev–Trinajstić information content (AvgIpc) is 3.14. The van der Waals surface area contributed by atoms with Crippen molar-refractivity contribution in [1.82, 2.24) is 20.2 Å². The summed E-state index contributed by atoms with van der Waals surface area (Å²) >= 11 is 1.50. The molecule has 8 nitrogen and oxygen atoms in total. The molecule has 1 aliphatic rings. The number of nitrogens with two attached hydrogens (primary N) is 1. The minimum Gasteiger partial charge on any atom is -0.352 e. The number of amides is 3. The molecule has 9 heteroatoms. The highest BCUT2D eigenvalue weighted by Crippen LogP contribution is 2.23. The van der Waals surface area contributed by atoms with E-state index >= 15 is 0 Å². The highest BCUT2D eigenvalue weighted by Gasteiger charge is 2.26. The minimum atomic E-state index is -0.627. The zero-order chi connectivity index (χ0) is 19.4. The molecule has 3 heterocycles. The Morgan fingerprint density at radius 1 is 1.22 bits per heavy atom. The number of carbonyl (C=O) groups is 2. The highest BCUT2D eigenvalue weighted by molar-refractivity contribution is 7.10. The summed E-state index contributed by atoms with van der Waals surface area (Å²) in [7, 11) is 0. The van der Waals surface area contributed by atoms with Gasteiger partial charge in [0, 0.05) is 42.4 Å². The van der Waals surface area contributed by atoms with E-state index < -0.39 is 12.1 Å². The van der Waals surface area contributed by atoms with E-state index in [4.69, 9.17) is 5.73 Å². The summed E-state index contributed by atoms with van der Waals surface area (Å²) in [5.41, 5.74) is 7.14. The van der Waals surface area contributed by atoms with Crippen LogP contribution in [-0.4, -0.2) is 53.0 Å². The van der Waals surface area contributed by atoms with E-state index in [1.165, 1.54) is 11.3 Å². The fourth-order valence-corrected chi connectivity index (χ4v) is 3.97. The van der Waals surface area contributed by atoms with Gasteiger partial charge in [-0.15, -0.1) is 11.3 Å². The van der Waals surface area contributed by atoms with E-state index in [1.807, 2.05) is 42.3 Å². The van der Waals surface area contributed by atoms with Crippen LogP contribution in [0, 0.1) is 13.8 Å². The van der Waals surface area contributed by atoms with Crippen LogP contribution in [0.2, 0.25) is 0 Å². The number of primary amides is 1. The van der Waals surface area contributed by atoms with Gasteiger partial charge >= 0.3 is 6.03 Å². The largest absolute Gasteiger partial charge is 0.352 e. The molecule has 2 aromatic heterocycles. The lowest BCUT2D eigenvalue weighted by molar-refractivity contribution is -0.132. The average molecular weight is 388 g/mol. The number of nitrogens with one attached hydrogen (secondary N) is 1. The maximum Gasteiger partial charge on any atom is 0.312 e. The Labute approximate surface area is 162 Å². The molecule has 3 rings (SSSR count). The second-order valence-corrected chi connectivity index (χ2v) is 7.58. The monoisotopic (exact) mass is 388 g/mol. The van der Waals surface area contributed by atoms with Gasteiger partial charge in [-0.2, -0.15) is 0 Å². The van der Waals surface area contributed by atoms with Gasteiger partial charge in [0.05, 0.1) is 12.5 Å². The van der Waals surface area contributed by atoms with Crippen LogP contribution in [-0.2, 0) is 4.79 Å². The van der Waals surface area contributed by atoms with Crippen LogP contribution in [0.4, 0.5) is 10.7 Å². The van der Waals surface area contributed by atoms with Crippen molar-refractivity contribution in [3.05, 3.63) is 39.8 Å². The lowest BCUT2D eigenvalue weighted by atomic mass is 10.1. The molecule has 27 heavy (non-hydrogen) atoms. The number of thiophene rings is 1. The van der Waals surface area contributed by atoms with Gasteiger partial charge in [-0.05, 0) is 31.4 Å². The number of hydrogen-bond acceptors (Lipinski definition) is 6. The quantitative estimate of drug-likeness (QED) is 0.810. The summed E-state index contributed by atoms with van der Waals surface area (Å²) in [4.78, 5) is 37.8. The maximum atomic E-state index is 12.7. The molecule has 1 aliphatic heterocycles. The Morgan fingerprint density at radius 3 is 2.44 bits per heavy atom. The zero-order valence-corrected chi connectivity index (χ0v) is 16.3. The van der Waals surface area contributed by atoms with Gasteiger partial charge in [-0.25, -0.2) is 14.8 Å². The van der Waals surface area contributed by atoms with Crippen molar-refractivity contribution in [3.63, 3.8) is 0 Å². The van der Waals surface area contributed by atoms with Gasteiger partial charge < -0.3 is 20.9 Å². The van der Waals surface area contributed by atoms with Crippen LogP contribution < -0.4 is 16.0 Å². The van der Waals surface area contributed by atoms with Crippen LogP contribution in [0.5, 0.6) is 0 Å². The van der Waals surface area contributed by atoms with Gasteiger partial charge in [0.2, 0.25) is 11.9 Å². The SMILES string of the molecule is Cc1cc(C)nc(N2CCN(C(=O)CC(NC(N)=O)c3cccs3)CC2)n1. The van der Waals surface area contributed by atoms with E-state index in [0.717, 1.165) is 16.3 Å². The topological polar surface area (TPSA) is 104 Å². The van der Waals surface area contributed by atoms with Gasteiger partial charge in [-0.1, -0.05) is 6.07 Å². The third-order valence-electron chi connectivity index (χ3n) is 4.47. The zero-order valence-electron chi connectivity index (χ0n) is 15.5. The van der Waals surface area contributed by atoms with Crippen molar-refractivity contribution in [2.45, 2.75) is 26.3 Å². The van der Waals surface area contributed by atoms with E-state index in [2.05, 4.69) is 20.2 Å². The normalized spacial score (nSPS) is 15.5. The molecular weight excluding hydrogens is 364 g/mol. The summed E-state index contributed by atoms with van der Waals surface area (Å²) in [5, 5.41) is 4.59. The van der Waals surface area contributed by atoms with Crippen molar-refractivity contribution >= 4 is 29.2 Å². The third kappa shape index (κ3) is 4.94. The van der Waals surface area contributed by atoms with E-state index in [1.54, 1.807) is 0 Å². The van der Waals surface area contributed by atoms with Crippen molar-refractivity contribution in [2.24, 2.45) is 5.73 Å². The first kappa shape index (κ1) is 19.1. The predicted molar refractivity (Wildman–Crippen MR) is 105 cm³/mol. The van der Waals surface area contributed by atoms with Crippen molar-refractivity contribution in [1.29, 1.82) is 0 Å². The molecule has 0 spiro atoms. The van der Waals surface area contributed by atoms with Crippen LogP contribution in [0.3, 0.4) is 0 Å². The Bertz CT molecular complexity index is 782. The second-order valence-electron chi connectivity index (χ2n) is 6.60. The lowest BCUT2D eigenvalue weighted by Gasteiger charge is -2.35. The molecule has 1 atom stereocenters. The molecule has 2 aromatic rings. The van der Waals surface area contributed by atoms with Crippen molar-refractivity contribution in [3.8, 4) is 0 Å². The van der Waals surface area contributed by atoms with Gasteiger partial charge in [0.1, 0.15) is 0 Å². The number of carbonyl (C=O) groups excluding carboxylic acids is 2. The summed E-state index contributed by atoms with van der Waals surface area (Å²) in [6, 6.07) is 4.71. The number of urea groups is 1. The van der Waals surface area contributed by atoms with Crippen LogP contribution in [0.1, 0.15) is 28.7 Å². The molecule has 1 unspecified atom stereocenters. The minimum absolute atomic E-state index is 0.00291. The number of aryl methyl sites for hydroxylation is 2. The highest BCUT2D eigenvalue weighted by atomic mass is 32.1. The molecule has 0 radical (unpaired) electrons. The standard InChI is InChI=1S/C18H24N6O2S/c1-12-10-13(2)21-18(20-12)24-7-5-23(6-8-24)16(25)11-14(22-17(19)26)15-4-3-9-27-15/h3-4,9-10,14H,5-8,11H2,1-2H3,(H3,19,22,26). The summed E-state index contributed by atoms with van der Waals surface area (Å²) in [6.07, 6.45) is 0.198.